The standard InChI is InChI=1S/C10H12F3N5/c1-17-5-7(3-15-17)9(2-14)18-6-8(4-16-18)10(11,12)13/h3-6,9H,2,14H2,1H3. The highest BCUT2D eigenvalue weighted by molar-refractivity contribution is 5.15. The van der Waals surface area contributed by atoms with Crippen LogP contribution in [0.3, 0.4) is 0 Å². The molecule has 0 amide bonds. The van der Waals surface area contributed by atoms with E-state index >= 15 is 0 Å². The molecule has 0 radical (unpaired) electrons. The molecule has 8 heteroatoms. The molecule has 1 unspecified atom stereocenters. The quantitative estimate of drug-likeness (QED) is 0.900. The summed E-state index contributed by atoms with van der Waals surface area (Å²) >= 11 is 0. The van der Waals surface area contributed by atoms with Crippen LogP contribution in [0.2, 0.25) is 0 Å². The first kappa shape index (κ1) is 12.6. The van der Waals surface area contributed by atoms with Crippen molar-refractivity contribution in [3.8, 4) is 0 Å². The minimum Gasteiger partial charge on any atom is -0.328 e. The first-order valence-electron chi connectivity index (χ1n) is 5.22. The molecule has 2 rings (SSSR count). The van der Waals surface area contributed by atoms with Gasteiger partial charge in [0, 0.05) is 31.5 Å². The fraction of sp³-hybridized carbons (Fsp3) is 0.400. The van der Waals surface area contributed by atoms with Crippen LogP contribution >= 0.6 is 0 Å². The summed E-state index contributed by atoms with van der Waals surface area (Å²) in [6.07, 6.45) is 0.606. The van der Waals surface area contributed by atoms with E-state index < -0.39 is 17.8 Å². The third-order valence-corrected chi connectivity index (χ3v) is 2.58. The molecule has 0 aliphatic carbocycles. The van der Waals surface area contributed by atoms with Crippen molar-refractivity contribution in [1.82, 2.24) is 19.6 Å². The Morgan fingerprint density at radius 3 is 2.44 bits per heavy atom. The molecule has 2 aromatic heterocycles. The van der Waals surface area contributed by atoms with Crippen LogP contribution < -0.4 is 5.73 Å². The molecule has 18 heavy (non-hydrogen) atoms. The van der Waals surface area contributed by atoms with Gasteiger partial charge in [-0.2, -0.15) is 23.4 Å². The van der Waals surface area contributed by atoms with Gasteiger partial charge in [0.2, 0.25) is 0 Å². The average molecular weight is 259 g/mol. The minimum absolute atomic E-state index is 0.144. The van der Waals surface area contributed by atoms with Crippen LogP contribution in [-0.2, 0) is 13.2 Å². The molecule has 1 atom stereocenters. The topological polar surface area (TPSA) is 61.7 Å². The lowest BCUT2D eigenvalue weighted by atomic mass is 10.1. The van der Waals surface area contributed by atoms with E-state index in [0.717, 1.165) is 18.0 Å². The second-order valence-electron chi connectivity index (χ2n) is 3.91. The molecule has 0 aliphatic rings. The van der Waals surface area contributed by atoms with E-state index in [9.17, 15) is 13.2 Å². The first-order chi connectivity index (χ1) is 8.41. The van der Waals surface area contributed by atoms with Gasteiger partial charge < -0.3 is 5.73 Å². The Morgan fingerprint density at radius 2 is 2.00 bits per heavy atom. The molecular formula is C10H12F3N5. The SMILES string of the molecule is Cn1cc(C(CN)n2cc(C(F)(F)F)cn2)cn1. The Bertz CT molecular complexity index is 528. The molecule has 98 valence electrons. The summed E-state index contributed by atoms with van der Waals surface area (Å²) in [7, 11) is 1.72. The first-order valence-corrected chi connectivity index (χ1v) is 5.22. The number of nitrogens with two attached hydrogens (primary N) is 1. The number of alkyl halides is 3. The number of hydrogen-bond acceptors (Lipinski definition) is 3. The van der Waals surface area contributed by atoms with E-state index in [1.807, 2.05) is 0 Å². The number of rotatable bonds is 3. The number of hydrogen-bond donors (Lipinski definition) is 1. The van der Waals surface area contributed by atoms with E-state index in [1.165, 1.54) is 4.68 Å². The average Bonchev–Trinajstić information content (AvgIpc) is 2.88. The Kier molecular flexibility index (Phi) is 3.12. The van der Waals surface area contributed by atoms with Crippen LogP contribution in [0.25, 0.3) is 0 Å². The molecule has 0 aromatic carbocycles. The summed E-state index contributed by atoms with van der Waals surface area (Å²) in [6, 6.07) is -0.449. The van der Waals surface area contributed by atoms with Crippen LogP contribution in [0.5, 0.6) is 0 Å². The fourth-order valence-electron chi connectivity index (χ4n) is 1.66. The number of halogens is 3. The summed E-state index contributed by atoms with van der Waals surface area (Å²) in [5.74, 6) is 0. The fourth-order valence-corrected chi connectivity index (χ4v) is 1.66. The molecule has 0 bridgehead atoms. The Labute approximate surface area is 101 Å². The number of aryl methyl sites for hydroxylation is 1. The van der Waals surface area contributed by atoms with Gasteiger partial charge in [-0.15, -0.1) is 0 Å². The largest absolute Gasteiger partial charge is 0.419 e. The van der Waals surface area contributed by atoms with Gasteiger partial charge in [-0.25, -0.2) is 0 Å². The zero-order chi connectivity index (χ0) is 13.3. The molecule has 0 saturated carbocycles. The lowest BCUT2D eigenvalue weighted by Crippen LogP contribution is -2.20. The molecule has 2 heterocycles. The predicted molar refractivity (Wildman–Crippen MR) is 57.6 cm³/mol. The summed E-state index contributed by atoms with van der Waals surface area (Å²) in [6.45, 7) is 0.144. The number of aromatic nitrogens is 4. The Balaban J connectivity index is 2.31. The predicted octanol–water partition coefficient (Wildman–Crippen LogP) is 1.18. The van der Waals surface area contributed by atoms with Crippen molar-refractivity contribution in [2.75, 3.05) is 6.54 Å². The lowest BCUT2D eigenvalue weighted by Gasteiger charge is -2.13. The van der Waals surface area contributed by atoms with Crippen LogP contribution in [0, 0.1) is 0 Å². The van der Waals surface area contributed by atoms with Crippen LogP contribution in [0.15, 0.2) is 24.8 Å². The van der Waals surface area contributed by atoms with E-state index in [2.05, 4.69) is 10.2 Å². The zero-order valence-corrected chi connectivity index (χ0v) is 9.59. The van der Waals surface area contributed by atoms with E-state index in [-0.39, 0.29) is 6.54 Å². The third kappa shape index (κ3) is 2.37. The molecule has 0 aliphatic heterocycles. The maximum atomic E-state index is 12.5. The van der Waals surface area contributed by atoms with Gasteiger partial charge in [0.25, 0.3) is 0 Å². The van der Waals surface area contributed by atoms with Gasteiger partial charge >= 0.3 is 6.18 Å². The molecule has 0 fully saturated rings. The highest BCUT2D eigenvalue weighted by Crippen LogP contribution is 2.29. The van der Waals surface area contributed by atoms with Crippen molar-refractivity contribution in [3.63, 3.8) is 0 Å². The van der Waals surface area contributed by atoms with Gasteiger partial charge in [0.15, 0.2) is 0 Å². The lowest BCUT2D eigenvalue weighted by molar-refractivity contribution is -0.137. The molecule has 5 nitrogen and oxygen atoms in total. The van der Waals surface area contributed by atoms with Gasteiger partial charge in [-0.1, -0.05) is 0 Å². The highest BCUT2D eigenvalue weighted by Gasteiger charge is 2.33. The van der Waals surface area contributed by atoms with Crippen LogP contribution in [0.1, 0.15) is 17.2 Å². The summed E-state index contributed by atoms with van der Waals surface area (Å²) in [5, 5.41) is 7.68. The van der Waals surface area contributed by atoms with Crippen molar-refractivity contribution >= 4 is 0 Å². The van der Waals surface area contributed by atoms with Crippen LogP contribution in [-0.4, -0.2) is 26.1 Å². The van der Waals surface area contributed by atoms with Gasteiger partial charge in [0.05, 0.1) is 24.0 Å². The normalized spacial score (nSPS) is 13.8. The maximum absolute atomic E-state index is 12.5. The smallest absolute Gasteiger partial charge is 0.328 e. The molecule has 2 aromatic rings. The Morgan fingerprint density at radius 1 is 1.28 bits per heavy atom. The van der Waals surface area contributed by atoms with Crippen molar-refractivity contribution in [2.45, 2.75) is 12.2 Å². The third-order valence-electron chi connectivity index (χ3n) is 2.58. The van der Waals surface area contributed by atoms with E-state index in [1.54, 1.807) is 24.1 Å². The molecule has 2 N–H and O–H groups in total. The molecule has 0 spiro atoms. The monoisotopic (exact) mass is 259 g/mol. The van der Waals surface area contributed by atoms with Crippen LogP contribution in [0.4, 0.5) is 13.2 Å². The van der Waals surface area contributed by atoms with Gasteiger partial charge in [0.1, 0.15) is 0 Å². The van der Waals surface area contributed by atoms with E-state index in [0.29, 0.717) is 0 Å². The number of nitrogens with zero attached hydrogens (tertiary/aromatic N) is 4. The summed E-state index contributed by atoms with van der Waals surface area (Å²) in [5.41, 5.74) is 5.52. The zero-order valence-electron chi connectivity index (χ0n) is 9.59. The van der Waals surface area contributed by atoms with Gasteiger partial charge in [-0.3, -0.25) is 9.36 Å². The summed E-state index contributed by atoms with van der Waals surface area (Å²) < 4.78 is 40.2. The minimum atomic E-state index is -4.40. The summed E-state index contributed by atoms with van der Waals surface area (Å²) in [4.78, 5) is 0. The van der Waals surface area contributed by atoms with E-state index in [4.69, 9.17) is 5.73 Å². The maximum Gasteiger partial charge on any atom is 0.419 e. The van der Waals surface area contributed by atoms with Crippen molar-refractivity contribution in [2.24, 2.45) is 12.8 Å². The van der Waals surface area contributed by atoms with Crippen molar-refractivity contribution in [1.29, 1.82) is 0 Å². The van der Waals surface area contributed by atoms with Gasteiger partial charge in [-0.05, 0) is 0 Å². The molecule has 0 saturated heterocycles. The highest BCUT2D eigenvalue weighted by atomic mass is 19.4. The second-order valence-corrected chi connectivity index (χ2v) is 3.91. The molecular weight excluding hydrogens is 247 g/mol. The van der Waals surface area contributed by atoms with Crippen molar-refractivity contribution < 1.29 is 13.2 Å². The second kappa shape index (κ2) is 4.45. The van der Waals surface area contributed by atoms with Crippen molar-refractivity contribution in [3.05, 3.63) is 35.9 Å². The Hall–Kier alpha value is -1.83.